The molecule has 0 aliphatic heterocycles. The Labute approximate surface area is 68.1 Å². The van der Waals surface area contributed by atoms with Gasteiger partial charge in [0.1, 0.15) is 0 Å². The molecular formula is C8H16NO2. The van der Waals surface area contributed by atoms with Gasteiger partial charge in [-0.05, 0) is 13.3 Å². The zero-order valence-corrected chi connectivity index (χ0v) is 7.06. The highest BCUT2D eigenvalue weighted by Gasteiger charge is 1.93. The lowest BCUT2D eigenvalue weighted by Crippen LogP contribution is -2.24. The number of nitrogens with one attached hydrogen (secondary N) is 1. The van der Waals surface area contributed by atoms with E-state index in [2.05, 4.69) is 12.2 Å². The lowest BCUT2D eigenvalue weighted by molar-refractivity contribution is -0.120. The number of carbonyl (C=O) groups excluding carboxylic acids is 1. The van der Waals surface area contributed by atoms with Crippen molar-refractivity contribution in [2.45, 2.75) is 19.8 Å². The molecular weight excluding hydrogens is 142 g/mol. The maximum Gasteiger partial charge on any atom is 0.219 e. The van der Waals surface area contributed by atoms with E-state index < -0.39 is 0 Å². The van der Waals surface area contributed by atoms with Gasteiger partial charge in [0.15, 0.2) is 0 Å². The van der Waals surface area contributed by atoms with Crippen LogP contribution in [0.5, 0.6) is 0 Å². The summed E-state index contributed by atoms with van der Waals surface area (Å²) in [4.78, 5) is 10.7. The lowest BCUT2D eigenvalue weighted by atomic mass is 10.4. The van der Waals surface area contributed by atoms with Gasteiger partial charge in [-0.2, -0.15) is 0 Å². The molecule has 0 atom stereocenters. The van der Waals surface area contributed by atoms with E-state index in [1.165, 1.54) is 0 Å². The summed E-state index contributed by atoms with van der Waals surface area (Å²) in [5.74, 6) is 0.0969. The van der Waals surface area contributed by atoms with Gasteiger partial charge in [-0.25, -0.2) is 0 Å². The van der Waals surface area contributed by atoms with Crippen molar-refractivity contribution in [2.75, 3.05) is 19.8 Å². The summed E-state index contributed by atoms with van der Waals surface area (Å²) in [6.45, 7) is 7.24. The maximum atomic E-state index is 10.7. The van der Waals surface area contributed by atoms with E-state index in [0.717, 1.165) is 6.42 Å². The Morgan fingerprint density at radius 2 is 2.36 bits per heavy atom. The molecule has 11 heavy (non-hydrogen) atoms. The van der Waals surface area contributed by atoms with E-state index in [1.807, 2.05) is 6.92 Å². The highest BCUT2D eigenvalue weighted by Crippen LogP contribution is 1.81. The largest absolute Gasteiger partial charge is 0.381 e. The molecule has 65 valence electrons. The van der Waals surface area contributed by atoms with Crippen LogP contribution in [-0.4, -0.2) is 25.7 Å². The van der Waals surface area contributed by atoms with Crippen molar-refractivity contribution in [2.24, 2.45) is 0 Å². The Hall–Kier alpha value is -0.570. The summed E-state index contributed by atoms with van der Waals surface area (Å²) in [5, 5.41) is 2.75. The fourth-order valence-corrected chi connectivity index (χ4v) is 0.629. The summed E-state index contributed by atoms with van der Waals surface area (Å²) in [5.41, 5.74) is 0. The van der Waals surface area contributed by atoms with E-state index in [-0.39, 0.29) is 5.91 Å². The topological polar surface area (TPSA) is 38.3 Å². The Bertz CT molecular complexity index is 104. The van der Waals surface area contributed by atoms with Crippen LogP contribution in [0.4, 0.5) is 0 Å². The van der Waals surface area contributed by atoms with Crippen molar-refractivity contribution in [3.8, 4) is 0 Å². The second-order valence-corrected chi connectivity index (χ2v) is 2.17. The van der Waals surface area contributed by atoms with Gasteiger partial charge in [0.2, 0.25) is 5.91 Å². The molecule has 0 rings (SSSR count). The number of carbonyl (C=O) groups is 1. The fraction of sp³-hybridized carbons (Fsp3) is 0.750. The molecule has 0 fully saturated rings. The molecule has 0 saturated carbocycles. The molecule has 0 aliphatic carbocycles. The molecule has 0 aliphatic rings. The minimum absolute atomic E-state index is 0.0969. The van der Waals surface area contributed by atoms with Crippen molar-refractivity contribution in [1.82, 2.24) is 5.32 Å². The van der Waals surface area contributed by atoms with Crippen molar-refractivity contribution in [1.29, 1.82) is 0 Å². The molecule has 0 saturated heterocycles. The van der Waals surface area contributed by atoms with Gasteiger partial charge in [-0.1, -0.05) is 6.92 Å². The first-order chi connectivity index (χ1) is 5.31. The Morgan fingerprint density at radius 3 is 2.91 bits per heavy atom. The number of amides is 1. The van der Waals surface area contributed by atoms with Crippen molar-refractivity contribution < 1.29 is 9.53 Å². The monoisotopic (exact) mass is 158 g/mol. The van der Waals surface area contributed by atoms with E-state index in [4.69, 9.17) is 4.74 Å². The average molecular weight is 158 g/mol. The van der Waals surface area contributed by atoms with Crippen LogP contribution in [0.2, 0.25) is 0 Å². The number of rotatable bonds is 6. The standard InChI is InChI=1S/C8H16NO2/c1-3-8(10)9-6-5-7-11-4-2/h2-7H2,1H3,(H,9,10). The van der Waals surface area contributed by atoms with Crippen LogP contribution in [0, 0.1) is 6.92 Å². The predicted molar refractivity (Wildman–Crippen MR) is 44.1 cm³/mol. The van der Waals surface area contributed by atoms with Gasteiger partial charge in [-0.15, -0.1) is 0 Å². The third-order valence-electron chi connectivity index (χ3n) is 1.25. The third-order valence-corrected chi connectivity index (χ3v) is 1.25. The average Bonchev–Trinajstić information content (AvgIpc) is 2.04. The van der Waals surface area contributed by atoms with Crippen LogP contribution in [0.3, 0.4) is 0 Å². The number of hydrogen-bond acceptors (Lipinski definition) is 2. The Morgan fingerprint density at radius 1 is 1.64 bits per heavy atom. The number of ether oxygens (including phenoxy) is 1. The highest BCUT2D eigenvalue weighted by atomic mass is 16.5. The van der Waals surface area contributed by atoms with Gasteiger partial charge in [0.25, 0.3) is 0 Å². The van der Waals surface area contributed by atoms with Crippen LogP contribution < -0.4 is 5.32 Å². The van der Waals surface area contributed by atoms with Crippen LogP contribution >= 0.6 is 0 Å². The van der Waals surface area contributed by atoms with Gasteiger partial charge >= 0.3 is 0 Å². The molecule has 0 aromatic rings. The molecule has 1 N–H and O–H groups in total. The maximum absolute atomic E-state index is 10.7. The summed E-state index contributed by atoms with van der Waals surface area (Å²) in [6, 6.07) is 0. The zero-order valence-electron chi connectivity index (χ0n) is 7.06. The minimum Gasteiger partial charge on any atom is -0.381 e. The first-order valence-corrected chi connectivity index (χ1v) is 3.95. The van der Waals surface area contributed by atoms with Gasteiger partial charge in [0, 0.05) is 26.2 Å². The third kappa shape index (κ3) is 7.33. The predicted octanol–water partition coefficient (Wildman–Crippen LogP) is 0.753. The Kier molecular flexibility index (Phi) is 7.15. The molecule has 0 spiro atoms. The summed E-state index contributed by atoms with van der Waals surface area (Å²) in [7, 11) is 0. The molecule has 1 radical (unpaired) electrons. The van der Waals surface area contributed by atoms with Gasteiger partial charge in [-0.3, -0.25) is 4.79 Å². The van der Waals surface area contributed by atoms with Crippen LogP contribution in [-0.2, 0) is 9.53 Å². The Balaban J connectivity index is 2.95. The number of hydrogen-bond donors (Lipinski definition) is 1. The van der Waals surface area contributed by atoms with E-state index in [1.54, 1.807) is 0 Å². The van der Waals surface area contributed by atoms with Gasteiger partial charge < -0.3 is 10.1 Å². The lowest BCUT2D eigenvalue weighted by Gasteiger charge is -2.02. The molecule has 0 heterocycles. The molecule has 0 aromatic carbocycles. The molecule has 1 amide bonds. The fourth-order valence-electron chi connectivity index (χ4n) is 0.629. The van der Waals surface area contributed by atoms with E-state index in [0.29, 0.717) is 26.2 Å². The van der Waals surface area contributed by atoms with E-state index in [9.17, 15) is 4.79 Å². The summed E-state index contributed by atoms with van der Waals surface area (Å²) >= 11 is 0. The van der Waals surface area contributed by atoms with E-state index >= 15 is 0 Å². The minimum atomic E-state index is 0.0969. The molecule has 3 nitrogen and oxygen atoms in total. The smallest absolute Gasteiger partial charge is 0.219 e. The van der Waals surface area contributed by atoms with Crippen molar-refractivity contribution in [3.05, 3.63) is 6.92 Å². The molecule has 3 heteroatoms. The van der Waals surface area contributed by atoms with Crippen LogP contribution in [0.1, 0.15) is 19.8 Å². The van der Waals surface area contributed by atoms with Crippen LogP contribution in [0.25, 0.3) is 0 Å². The summed E-state index contributed by atoms with van der Waals surface area (Å²) in [6.07, 6.45) is 1.41. The molecule has 0 bridgehead atoms. The second kappa shape index (κ2) is 7.54. The SMILES string of the molecule is [CH2]COCCCNC(=O)CC. The molecule has 0 aromatic heterocycles. The summed E-state index contributed by atoms with van der Waals surface area (Å²) < 4.78 is 4.99. The second-order valence-electron chi connectivity index (χ2n) is 2.17. The van der Waals surface area contributed by atoms with Crippen molar-refractivity contribution >= 4 is 5.91 Å². The highest BCUT2D eigenvalue weighted by molar-refractivity contribution is 5.75. The van der Waals surface area contributed by atoms with Crippen LogP contribution in [0.15, 0.2) is 0 Å². The quantitative estimate of drug-likeness (QED) is 0.579. The normalized spacial score (nSPS) is 9.64. The zero-order chi connectivity index (χ0) is 8.53. The van der Waals surface area contributed by atoms with Gasteiger partial charge in [0.05, 0.1) is 0 Å². The first kappa shape index (κ1) is 10.4. The van der Waals surface area contributed by atoms with Crippen molar-refractivity contribution in [3.63, 3.8) is 0 Å². The first-order valence-electron chi connectivity index (χ1n) is 3.95. The molecule has 0 unspecified atom stereocenters.